The van der Waals surface area contributed by atoms with Gasteiger partial charge in [0, 0.05) is 19.1 Å². The maximum Gasteiger partial charge on any atom is 0.250 e. The van der Waals surface area contributed by atoms with E-state index in [2.05, 4.69) is 5.32 Å². The lowest BCUT2D eigenvalue weighted by Gasteiger charge is -2.15. The highest BCUT2D eigenvalue weighted by Gasteiger charge is 2.21. The predicted octanol–water partition coefficient (Wildman–Crippen LogP) is -0.243. The van der Waals surface area contributed by atoms with Crippen molar-refractivity contribution in [1.29, 1.82) is 0 Å². The van der Waals surface area contributed by atoms with Crippen LogP contribution in [-0.4, -0.2) is 42.4 Å². The van der Waals surface area contributed by atoms with Crippen LogP contribution >= 0.6 is 0 Å². The van der Waals surface area contributed by atoms with Crippen LogP contribution < -0.4 is 16.8 Å². The fraction of sp³-hybridized carbons (Fsp3) is 0.385. The highest BCUT2D eigenvalue weighted by molar-refractivity contribution is 6.03. The Hall–Kier alpha value is -1.92. The number of likely N-dealkylation sites (tertiary alicyclic amines) is 1. The number of hydrogen-bond acceptors (Lipinski definition) is 4. The summed E-state index contributed by atoms with van der Waals surface area (Å²) in [5, 5.41) is 2.71. The lowest BCUT2D eigenvalue weighted by Crippen LogP contribution is -2.34. The van der Waals surface area contributed by atoms with Crippen molar-refractivity contribution in [3.8, 4) is 0 Å². The van der Waals surface area contributed by atoms with Crippen LogP contribution in [0.3, 0.4) is 0 Å². The number of rotatable bonds is 4. The highest BCUT2D eigenvalue weighted by atomic mass is 16.2. The Bertz CT molecular complexity index is 489. The molecule has 1 aromatic carbocycles. The lowest BCUT2D eigenvalue weighted by atomic mass is 10.1. The SMILES string of the molecule is NC(=O)c1ccccc1NC(=O)CN1CC[C@@H](N)C1. The fourth-order valence-electron chi connectivity index (χ4n) is 2.21. The Balaban J connectivity index is 1.97. The van der Waals surface area contributed by atoms with Gasteiger partial charge in [-0.2, -0.15) is 0 Å². The molecular formula is C13H18N4O2. The summed E-state index contributed by atoms with van der Waals surface area (Å²) in [5.74, 6) is -0.720. The molecule has 1 heterocycles. The summed E-state index contributed by atoms with van der Waals surface area (Å²) in [7, 11) is 0. The largest absolute Gasteiger partial charge is 0.366 e. The van der Waals surface area contributed by atoms with E-state index in [4.69, 9.17) is 11.5 Å². The van der Waals surface area contributed by atoms with Gasteiger partial charge in [0.2, 0.25) is 5.91 Å². The van der Waals surface area contributed by atoms with Crippen LogP contribution in [0, 0.1) is 0 Å². The molecule has 1 atom stereocenters. The molecule has 2 amide bonds. The van der Waals surface area contributed by atoms with Crippen LogP contribution in [0.5, 0.6) is 0 Å². The molecule has 1 saturated heterocycles. The number of amides is 2. The van der Waals surface area contributed by atoms with E-state index in [-0.39, 0.29) is 18.5 Å². The van der Waals surface area contributed by atoms with E-state index in [1.54, 1.807) is 24.3 Å². The Morgan fingerprint density at radius 3 is 2.74 bits per heavy atom. The first-order valence-corrected chi connectivity index (χ1v) is 6.23. The van der Waals surface area contributed by atoms with Crippen molar-refractivity contribution in [2.45, 2.75) is 12.5 Å². The molecule has 0 bridgehead atoms. The quantitative estimate of drug-likeness (QED) is 0.696. The summed E-state index contributed by atoms with van der Waals surface area (Å²) in [6, 6.07) is 6.84. The van der Waals surface area contributed by atoms with Gasteiger partial charge < -0.3 is 16.8 Å². The zero-order valence-corrected chi connectivity index (χ0v) is 10.6. The molecule has 1 aliphatic heterocycles. The van der Waals surface area contributed by atoms with Crippen LogP contribution in [0.4, 0.5) is 5.69 Å². The van der Waals surface area contributed by atoms with Crippen LogP contribution in [-0.2, 0) is 4.79 Å². The molecule has 0 aromatic heterocycles. The highest BCUT2D eigenvalue weighted by Crippen LogP contribution is 2.14. The van der Waals surface area contributed by atoms with E-state index < -0.39 is 5.91 Å². The minimum Gasteiger partial charge on any atom is -0.366 e. The van der Waals surface area contributed by atoms with Gasteiger partial charge in [-0.1, -0.05) is 12.1 Å². The van der Waals surface area contributed by atoms with Gasteiger partial charge in [-0.3, -0.25) is 14.5 Å². The fourth-order valence-corrected chi connectivity index (χ4v) is 2.21. The summed E-state index contributed by atoms with van der Waals surface area (Å²) in [6.07, 6.45) is 0.908. The number of carbonyl (C=O) groups is 2. The van der Waals surface area contributed by atoms with Crippen LogP contribution in [0.2, 0.25) is 0 Å². The average molecular weight is 262 g/mol. The van der Waals surface area contributed by atoms with E-state index >= 15 is 0 Å². The number of nitrogens with one attached hydrogen (secondary N) is 1. The monoisotopic (exact) mass is 262 g/mol. The van der Waals surface area contributed by atoms with Gasteiger partial charge in [0.1, 0.15) is 0 Å². The molecule has 0 radical (unpaired) electrons. The summed E-state index contributed by atoms with van der Waals surface area (Å²) in [6.45, 7) is 1.83. The van der Waals surface area contributed by atoms with Crippen molar-refractivity contribution in [3.05, 3.63) is 29.8 Å². The molecule has 2 rings (SSSR count). The van der Waals surface area contributed by atoms with Gasteiger partial charge in [0.15, 0.2) is 0 Å². The van der Waals surface area contributed by atoms with E-state index in [9.17, 15) is 9.59 Å². The second-order valence-electron chi connectivity index (χ2n) is 4.74. The second-order valence-corrected chi connectivity index (χ2v) is 4.74. The molecule has 0 aliphatic carbocycles. The molecule has 1 aromatic rings. The predicted molar refractivity (Wildman–Crippen MR) is 72.6 cm³/mol. The van der Waals surface area contributed by atoms with Gasteiger partial charge in [-0.05, 0) is 18.6 Å². The van der Waals surface area contributed by atoms with E-state index in [1.807, 2.05) is 4.90 Å². The first-order chi connectivity index (χ1) is 9.06. The minimum atomic E-state index is -0.556. The van der Waals surface area contributed by atoms with E-state index in [0.29, 0.717) is 11.3 Å². The lowest BCUT2D eigenvalue weighted by molar-refractivity contribution is -0.117. The number of nitrogens with zero attached hydrogens (tertiary/aromatic N) is 1. The number of benzene rings is 1. The van der Waals surface area contributed by atoms with Crippen LogP contribution in [0.1, 0.15) is 16.8 Å². The third-order valence-electron chi connectivity index (χ3n) is 3.14. The average Bonchev–Trinajstić information content (AvgIpc) is 2.75. The topological polar surface area (TPSA) is 101 Å². The van der Waals surface area contributed by atoms with Crippen molar-refractivity contribution >= 4 is 17.5 Å². The van der Waals surface area contributed by atoms with Crippen molar-refractivity contribution in [2.24, 2.45) is 11.5 Å². The number of hydrogen-bond donors (Lipinski definition) is 3. The first-order valence-electron chi connectivity index (χ1n) is 6.23. The third-order valence-corrected chi connectivity index (χ3v) is 3.14. The van der Waals surface area contributed by atoms with Crippen molar-refractivity contribution in [3.63, 3.8) is 0 Å². The normalized spacial score (nSPS) is 19.3. The minimum absolute atomic E-state index is 0.144. The van der Waals surface area contributed by atoms with Crippen LogP contribution in [0.25, 0.3) is 0 Å². The third kappa shape index (κ3) is 3.52. The molecule has 102 valence electrons. The summed E-state index contributed by atoms with van der Waals surface area (Å²) in [4.78, 5) is 25.1. The van der Waals surface area contributed by atoms with Gasteiger partial charge in [0.05, 0.1) is 17.8 Å². The Labute approximate surface area is 111 Å². The van der Waals surface area contributed by atoms with Gasteiger partial charge in [-0.15, -0.1) is 0 Å². The summed E-state index contributed by atoms with van der Waals surface area (Å²) >= 11 is 0. The van der Waals surface area contributed by atoms with Crippen molar-refractivity contribution in [1.82, 2.24) is 4.90 Å². The first kappa shape index (κ1) is 13.5. The number of primary amides is 1. The molecule has 1 aliphatic rings. The molecule has 5 N–H and O–H groups in total. The second kappa shape index (κ2) is 5.81. The molecule has 0 saturated carbocycles. The number of anilines is 1. The maximum absolute atomic E-state index is 11.9. The van der Waals surface area contributed by atoms with Gasteiger partial charge >= 0.3 is 0 Å². The molecule has 0 unspecified atom stereocenters. The zero-order valence-electron chi connectivity index (χ0n) is 10.6. The molecule has 0 spiro atoms. The Kier molecular flexibility index (Phi) is 4.13. The molecular weight excluding hydrogens is 244 g/mol. The van der Waals surface area contributed by atoms with Crippen molar-refractivity contribution < 1.29 is 9.59 Å². The smallest absolute Gasteiger partial charge is 0.250 e. The molecule has 19 heavy (non-hydrogen) atoms. The Morgan fingerprint density at radius 2 is 2.11 bits per heavy atom. The van der Waals surface area contributed by atoms with Gasteiger partial charge in [0.25, 0.3) is 5.91 Å². The van der Waals surface area contributed by atoms with Gasteiger partial charge in [-0.25, -0.2) is 0 Å². The van der Waals surface area contributed by atoms with E-state index in [0.717, 1.165) is 19.5 Å². The number of carbonyl (C=O) groups excluding carboxylic acids is 2. The number of para-hydroxylation sites is 1. The maximum atomic E-state index is 11.9. The standard InChI is InChI=1S/C13H18N4O2/c14-9-5-6-17(7-9)8-12(18)16-11-4-2-1-3-10(11)13(15)19/h1-4,9H,5-8,14H2,(H2,15,19)(H,16,18)/t9-/m1/s1. The van der Waals surface area contributed by atoms with Crippen molar-refractivity contribution in [2.75, 3.05) is 25.0 Å². The summed E-state index contributed by atoms with van der Waals surface area (Å²) in [5.41, 5.74) is 11.8. The number of nitrogens with two attached hydrogens (primary N) is 2. The summed E-state index contributed by atoms with van der Waals surface area (Å²) < 4.78 is 0. The molecule has 1 fully saturated rings. The molecule has 6 heteroatoms. The van der Waals surface area contributed by atoms with E-state index in [1.165, 1.54) is 0 Å². The zero-order chi connectivity index (χ0) is 13.8. The Morgan fingerprint density at radius 1 is 1.37 bits per heavy atom. The molecule has 6 nitrogen and oxygen atoms in total. The van der Waals surface area contributed by atoms with Crippen LogP contribution in [0.15, 0.2) is 24.3 Å².